The van der Waals surface area contributed by atoms with Crippen LogP contribution in [0.5, 0.6) is 5.75 Å². The first-order chi connectivity index (χ1) is 15.0. The lowest BCUT2D eigenvalue weighted by atomic mass is 10.1. The average Bonchev–Trinajstić information content (AvgIpc) is 2.78. The van der Waals surface area contributed by atoms with Gasteiger partial charge in [0.15, 0.2) is 0 Å². The molecule has 0 atom stereocenters. The van der Waals surface area contributed by atoms with Gasteiger partial charge in [-0.15, -0.1) is 0 Å². The first-order valence-corrected chi connectivity index (χ1v) is 9.77. The second kappa shape index (κ2) is 10.3. The highest BCUT2D eigenvalue weighted by atomic mass is 16.5. The second-order valence-corrected chi connectivity index (χ2v) is 6.92. The highest BCUT2D eigenvalue weighted by Crippen LogP contribution is 2.30. The molecule has 0 aromatic heterocycles. The molecule has 7 heteroatoms. The van der Waals surface area contributed by atoms with Crippen molar-refractivity contribution >= 4 is 23.4 Å². The Labute approximate surface area is 181 Å². The molecular weight excluding hydrogens is 394 g/mol. The van der Waals surface area contributed by atoms with Gasteiger partial charge in [-0.2, -0.15) is 0 Å². The fraction of sp³-hybridized carbons (Fsp3) is 0.167. The van der Waals surface area contributed by atoms with Gasteiger partial charge in [0.05, 0.1) is 12.8 Å². The first kappa shape index (κ1) is 21.9. The standard InChI is InChI=1S/C24H25N3O4/c1-16-11-19(23(28)26-20-10-6-9-18(12-20)14-25)13-21(22(16)30-2)27-24(29)31-15-17-7-4-3-5-8-17/h3-13H,14-15,25H2,1-2H3,(H,26,28)(H,27,29). The van der Waals surface area contributed by atoms with Crippen LogP contribution in [-0.2, 0) is 17.9 Å². The minimum atomic E-state index is -0.644. The average molecular weight is 419 g/mol. The molecule has 0 aliphatic carbocycles. The molecule has 3 aromatic carbocycles. The van der Waals surface area contributed by atoms with Crippen LogP contribution in [0.1, 0.15) is 27.0 Å². The number of methoxy groups -OCH3 is 1. The monoisotopic (exact) mass is 419 g/mol. The van der Waals surface area contributed by atoms with E-state index in [0.29, 0.717) is 34.8 Å². The zero-order valence-corrected chi connectivity index (χ0v) is 17.5. The number of carbonyl (C=O) groups excluding carboxylic acids is 2. The number of nitrogens with two attached hydrogens (primary N) is 1. The van der Waals surface area contributed by atoms with Crippen LogP contribution in [0.2, 0.25) is 0 Å². The molecule has 0 fully saturated rings. The Morgan fingerprint density at radius 3 is 2.39 bits per heavy atom. The van der Waals surface area contributed by atoms with Crippen LogP contribution in [0.4, 0.5) is 16.2 Å². The Balaban J connectivity index is 1.75. The molecule has 0 saturated carbocycles. The molecule has 0 heterocycles. The zero-order valence-electron chi connectivity index (χ0n) is 17.5. The van der Waals surface area contributed by atoms with Gasteiger partial charge in [0.2, 0.25) is 0 Å². The number of benzene rings is 3. The molecule has 0 bridgehead atoms. The van der Waals surface area contributed by atoms with Crippen LogP contribution < -0.4 is 21.1 Å². The summed E-state index contributed by atoms with van der Waals surface area (Å²) in [6.07, 6.45) is -0.644. The number of aryl methyl sites for hydroxylation is 1. The van der Waals surface area contributed by atoms with Crippen LogP contribution in [0, 0.1) is 6.92 Å². The number of carbonyl (C=O) groups is 2. The molecule has 2 amide bonds. The summed E-state index contributed by atoms with van der Waals surface area (Å²) in [5, 5.41) is 5.51. The van der Waals surface area contributed by atoms with Crippen molar-refractivity contribution in [3.63, 3.8) is 0 Å². The van der Waals surface area contributed by atoms with E-state index in [1.165, 1.54) is 7.11 Å². The zero-order chi connectivity index (χ0) is 22.2. The topological polar surface area (TPSA) is 103 Å². The Morgan fingerprint density at radius 2 is 1.68 bits per heavy atom. The number of hydrogen-bond acceptors (Lipinski definition) is 5. The molecule has 0 saturated heterocycles. The summed E-state index contributed by atoms with van der Waals surface area (Å²) < 4.78 is 10.7. The van der Waals surface area contributed by atoms with Gasteiger partial charge in [0.1, 0.15) is 12.4 Å². The minimum Gasteiger partial charge on any atom is -0.494 e. The third kappa shape index (κ3) is 5.83. The van der Waals surface area contributed by atoms with Gasteiger partial charge in [0, 0.05) is 17.8 Å². The molecule has 0 aliphatic rings. The SMILES string of the molecule is COc1c(C)cc(C(=O)Nc2cccc(CN)c2)cc1NC(=O)OCc1ccccc1. The van der Waals surface area contributed by atoms with Gasteiger partial charge in [-0.25, -0.2) is 4.79 Å². The fourth-order valence-corrected chi connectivity index (χ4v) is 3.12. The van der Waals surface area contributed by atoms with E-state index in [4.69, 9.17) is 15.2 Å². The van der Waals surface area contributed by atoms with E-state index in [1.54, 1.807) is 25.1 Å². The Hall–Kier alpha value is -3.84. The molecule has 3 rings (SSSR count). The van der Waals surface area contributed by atoms with Crippen molar-refractivity contribution in [2.75, 3.05) is 17.7 Å². The van der Waals surface area contributed by atoms with Crippen LogP contribution in [0.15, 0.2) is 66.7 Å². The van der Waals surface area contributed by atoms with E-state index in [-0.39, 0.29) is 12.5 Å². The van der Waals surface area contributed by atoms with Crippen LogP contribution in [-0.4, -0.2) is 19.1 Å². The minimum absolute atomic E-state index is 0.131. The van der Waals surface area contributed by atoms with Gasteiger partial charge in [-0.3, -0.25) is 10.1 Å². The highest BCUT2D eigenvalue weighted by Gasteiger charge is 2.16. The third-order valence-corrected chi connectivity index (χ3v) is 4.61. The second-order valence-electron chi connectivity index (χ2n) is 6.92. The van der Waals surface area contributed by atoms with E-state index >= 15 is 0 Å². The molecule has 4 N–H and O–H groups in total. The number of rotatable bonds is 7. The summed E-state index contributed by atoms with van der Waals surface area (Å²) >= 11 is 0. The van der Waals surface area contributed by atoms with Gasteiger partial charge in [0.25, 0.3) is 5.91 Å². The largest absolute Gasteiger partial charge is 0.494 e. The smallest absolute Gasteiger partial charge is 0.412 e. The van der Waals surface area contributed by atoms with Gasteiger partial charge >= 0.3 is 6.09 Å². The van der Waals surface area contributed by atoms with Crippen molar-refractivity contribution in [1.82, 2.24) is 0 Å². The first-order valence-electron chi connectivity index (χ1n) is 9.77. The molecule has 0 radical (unpaired) electrons. The molecule has 0 spiro atoms. The maximum atomic E-state index is 12.8. The van der Waals surface area contributed by atoms with Crippen molar-refractivity contribution < 1.29 is 19.1 Å². The van der Waals surface area contributed by atoms with Gasteiger partial charge in [-0.1, -0.05) is 42.5 Å². The summed E-state index contributed by atoms with van der Waals surface area (Å²) in [5.74, 6) is 0.138. The lowest BCUT2D eigenvalue weighted by Crippen LogP contribution is -2.17. The van der Waals surface area contributed by atoms with Crippen molar-refractivity contribution in [2.24, 2.45) is 5.73 Å². The van der Waals surface area contributed by atoms with Crippen LogP contribution in [0.25, 0.3) is 0 Å². The lowest BCUT2D eigenvalue weighted by molar-refractivity contribution is 0.102. The summed E-state index contributed by atoms with van der Waals surface area (Å²) in [6, 6.07) is 19.9. The predicted molar refractivity (Wildman–Crippen MR) is 120 cm³/mol. The quantitative estimate of drug-likeness (QED) is 0.525. The summed E-state index contributed by atoms with van der Waals surface area (Å²) in [4.78, 5) is 25.1. The lowest BCUT2D eigenvalue weighted by Gasteiger charge is -2.15. The number of amides is 2. The predicted octanol–water partition coefficient (Wildman–Crippen LogP) is 4.46. The molecule has 0 aliphatic heterocycles. The number of hydrogen-bond donors (Lipinski definition) is 3. The van der Waals surface area contributed by atoms with E-state index in [1.807, 2.05) is 48.5 Å². The summed E-state index contributed by atoms with van der Waals surface area (Å²) in [5.41, 5.74) is 9.49. The number of nitrogens with one attached hydrogen (secondary N) is 2. The third-order valence-electron chi connectivity index (χ3n) is 4.61. The van der Waals surface area contributed by atoms with Crippen LogP contribution >= 0.6 is 0 Å². The summed E-state index contributed by atoms with van der Waals surface area (Å²) in [6.45, 7) is 2.31. The normalized spacial score (nSPS) is 10.3. The highest BCUT2D eigenvalue weighted by molar-refractivity contribution is 6.06. The maximum Gasteiger partial charge on any atom is 0.412 e. The van der Waals surface area contributed by atoms with E-state index in [0.717, 1.165) is 11.1 Å². The molecular formula is C24H25N3O4. The molecule has 0 unspecified atom stereocenters. The van der Waals surface area contributed by atoms with Gasteiger partial charge in [-0.05, 0) is 47.9 Å². The Bertz CT molecular complexity index is 1070. The van der Waals surface area contributed by atoms with E-state index in [2.05, 4.69) is 10.6 Å². The fourth-order valence-electron chi connectivity index (χ4n) is 3.12. The van der Waals surface area contributed by atoms with Crippen molar-refractivity contribution in [3.8, 4) is 5.75 Å². The van der Waals surface area contributed by atoms with E-state index in [9.17, 15) is 9.59 Å². The van der Waals surface area contributed by atoms with Gasteiger partial charge < -0.3 is 20.5 Å². The van der Waals surface area contributed by atoms with E-state index < -0.39 is 6.09 Å². The van der Waals surface area contributed by atoms with Crippen molar-refractivity contribution in [2.45, 2.75) is 20.1 Å². The molecule has 31 heavy (non-hydrogen) atoms. The molecule has 3 aromatic rings. The van der Waals surface area contributed by atoms with Crippen molar-refractivity contribution in [1.29, 1.82) is 0 Å². The number of anilines is 2. The number of ether oxygens (including phenoxy) is 2. The van der Waals surface area contributed by atoms with Crippen LogP contribution in [0.3, 0.4) is 0 Å². The Kier molecular flexibility index (Phi) is 7.24. The maximum absolute atomic E-state index is 12.8. The molecule has 160 valence electrons. The van der Waals surface area contributed by atoms with Crippen molar-refractivity contribution in [3.05, 3.63) is 89.0 Å². The Morgan fingerprint density at radius 1 is 0.935 bits per heavy atom. The molecule has 7 nitrogen and oxygen atoms in total. The summed E-state index contributed by atoms with van der Waals surface area (Å²) in [7, 11) is 1.50.